The Morgan fingerprint density at radius 3 is 2.65 bits per heavy atom. The molecule has 0 saturated carbocycles. The molecule has 0 aliphatic heterocycles. The second kappa shape index (κ2) is 10.6. The molecular weight excluding hydrogens is 257 g/mol. The standard InChI is InChI=1S/C16H26FNO2/c1-3-5-7-19-8-9-20-16-11-14(10-15(17)12-16)13-18-6-4-2/h10-12,18H,3-9,13H2,1-2H3. The zero-order chi connectivity index (χ0) is 14.6. The maximum absolute atomic E-state index is 13.5. The lowest BCUT2D eigenvalue weighted by Crippen LogP contribution is -2.14. The van der Waals surface area contributed by atoms with Crippen LogP contribution in [-0.4, -0.2) is 26.4 Å². The van der Waals surface area contributed by atoms with E-state index in [1.54, 1.807) is 0 Å². The Morgan fingerprint density at radius 2 is 1.90 bits per heavy atom. The molecule has 1 N–H and O–H groups in total. The van der Waals surface area contributed by atoms with E-state index in [2.05, 4.69) is 19.2 Å². The molecule has 0 atom stereocenters. The predicted octanol–water partition coefficient (Wildman–Crippen LogP) is 3.52. The highest BCUT2D eigenvalue weighted by Gasteiger charge is 2.02. The van der Waals surface area contributed by atoms with Gasteiger partial charge in [0.1, 0.15) is 18.2 Å². The van der Waals surface area contributed by atoms with Gasteiger partial charge >= 0.3 is 0 Å². The maximum Gasteiger partial charge on any atom is 0.127 e. The highest BCUT2D eigenvalue weighted by atomic mass is 19.1. The Hall–Kier alpha value is -1.13. The fourth-order valence-electron chi connectivity index (χ4n) is 1.78. The molecular formula is C16H26FNO2. The van der Waals surface area contributed by atoms with Crippen molar-refractivity contribution in [1.29, 1.82) is 0 Å². The summed E-state index contributed by atoms with van der Waals surface area (Å²) in [5.41, 5.74) is 0.903. The highest BCUT2D eigenvalue weighted by Crippen LogP contribution is 2.16. The number of rotatable bonds is 11. The van der Waals surface area contributed by atoms with Crippen LogP contribution >= 0.6 is 0 Å². The maximum atomic E-state index is 13.5. The minimum atomic E-state index is -0.261. The van der Waals surface area contributed by atoms with Gasteiger partial charge in [0, 0.05) is 19.2 Å². The van der Waals surface area contributed by atoms with Crippen LogP contribution in [-0.2, 0) is 11.3 Å². The summed E-state index contributed by atoms with van der Waals surface area (Å²) in [5.74, 6) is 0.306. The molecule has 0 bridgehead atoms. The minimum Gasteiger partial charge on any atom is -0.491 e. The summed E-state index contributed by atoms with van der Waals surface area (Å²) in [6.45, 7) is 7.57. The second-order valence-corrected chi connectivity index (χ2v) is 4.79. The van der Waals surface area contributed by atoms with Crippen LogP contribution in [0.5, 0.6) is 5.75 Å². The molecule has 114 valence electrons. The molecule has 1 aromatic carbocycles. The SMILES string of the molecule is CCCCOCCOc1cc(F)cc(CNCCC)c1. The first-order chi connectivity index (χ1) is 9.76. The third-order valence-corrected chi connectivity index (χ3v) is 2.83. The van der Waals surface area contributed by atoms with Gasteiger partial charge < -0.3 is 14.8 Å². The van der Waals surface area contributed by atoms with E-state index < -0.39 is 0 Å². The van der Waals surface area contributed by atoms with Gasteiger partial charge in [0.2, 0.25) is 0 Å². The van der Waals surface area contributed by atoms with Crippen LogP contribution in [0.4, 0.5) is 4.39 Å². The fourth-order valence-corrected chi connectivity index (χ4v) is 1.78. The summed E-state index contributed by atoms with van der Waals surface area (Å²) >= 11 is 0. The number of hydrogen-bond acceptors (Lipinski definition) is 3. The molecule has 0 heterocycles. The van der Waals surface area contributed by atoms with Gasteiger partial charge in [0.05, 0.1) is 6.61 Å². The van der Waals surface area contributed by atoms with Crippen molar-refractivity contribution in [3.8, 4) is 5.75 Å². The van der Waals surface area contributed by atoms with Gasteiger partial charge in [-0.25, -0.2) is 4.39 Å². The Labute approximate surface area is 121 Å². The third-order valence-electron chi connectivity index (χ3n) is 2.83. The van der Waals surface area contributed by atoms with Crippen molar-refractivity contribution in [3.05, 3.63) is 29.6 Å². The Bertz CT molecular complexity index is 371. The van der Waals surface area contributed by atoms with Crippen molar-refractivity contribution in [3.63, 3.8) is 0 Å². The van der Waals surface area contributed by atoms with E-state index in [0.29, 0.717) is 25.5 Å². The van der Waals surface area contributed by atoms with E-state index in [0.717, 1.165) is 38.0 Å². The lowest BCUT2D eigenvalue weighted by atomic mass is 10.2. The normalized spacial score (nSPS) is 10.8. The third kappa shape index (κ3) is 7.46. The van der Waals surface area contributed by atoms with Gasteiger partial charge in [-0.2, -0.15) is 0 Å². The molecule has 0 aromatic heterocycles. The number of unbranched alkanes of at least 4 members (excludes halogenated alkanes) is 1. The van der Waals surface area contributed by atoms with Crippen molar-refractivity contribution < 1.29 is 13.9 Å². The number of halogens is 1. The quantitative estimate of drug-likeness (QED) is 0.630. The average Bonchev–Trinajstić information content (AvgIpc) is 2.42. The molecule has 0 radical (unpaired) electrons. The number of benzene rings is 1. The van der Waals surface area contributed by atoms with Crippen LogP contribution in [0.1, 0.15) is 38.7 Å². The first-order valence-electron chi connectivity index (χ1n) is 7.47. The van der Waals surface area contributed by atoms with Crippen LogP contribution in [0.15, 0.2) is 18.2 Å². The van der Waals surface area contributed by atoms with Crippen LogP contribution < -0.4 is 10.1 Å². The molecule has 1 rings (SSSR count). The molecule has 0 spiro atoms. The van der Waals surface area contributed by atoms with Gasteiger partial charge in [-0.15, -0.1) is 0 Å². The van der Waals surface area contributed by atoms with Gasteiger partial charge in [0.15, 0.2) is 0 Å². The molecule has 0 aliphatic carbocycles. The average molecular weight is 283 g/mol. The first kappa shape index (κ1) is 16.9. The summed E-state index contributed by atoms with van der Waals surface area (Å²) in [5, 5.41) is 3.25. The van der Waals surface area contributed by atoms with Gasteiger partial charge in [0.25, 0.3) is 0 Å². The summed E-state index contributed by atoms with van der Waals surface area (Å²) in [4.78, 5) is 0. The summed E-state index contributed by atoms with van der Waals surface area (Å²) in [7, 11) is 0. The van der Waals surface area contributed by atoms with Gasteiger partial charge in [-0.1, -0.05) is 20.3 Å². The molecule has 4 heteroatoms. The zero-order valence-electron chi connectivity index (χ0n) is 12.6. The monoisotopic (exact) mass is 283 g/mol. The smallest absolute Gasteiger partial charge is 0.127 e. The molecule has 0 unspecified atom stereocenters. The second-order valence-electron chi connectivity index (χ2n) is 4.79. The van der Waals surface area contributed by atoms with Crippen LogP contribution in [0.3, 0.4) is 0 Å². The Kier molecular flexibility index (Phi) is 9.00. The van der Waals surface area contributed by atoms with E-state index in [9.17, 15) is 4.39 Å². The van der Waals surface area contributed by atoms with E-state index in [-0.39, 0.29) is 5.82 Å². The topological polar surface area (TPSA) is 30.5 Å². The van der Waals surface area contributed by atoms with Gasteiger partial charge in [-0.3, -0.25) is 0 Å². The molecule has 0 aliphatic rings. The van der Waals surface area contributed by atoms with E-state index >= 15 is 0 Å². The van der Waals surface area contributed by atoms with Crippen molar-refractivity contribution in [2.75, 3.05) is 26.4 Å². The van der Waals surface area contributed by atoms with Crippen molar-refractivity contribution in [2.45, 2.75) is 39.7 Å². The largest absolute Gasteiger partial charge is 0.491 e. The Morgan fingerprint density at radius 1 is 1.05 bits per heavy atom. The Balaban J connectivity index is 2.33. The summed E-state index contributed by atoms with van der Waals surface area (Å²) in [6.07, 6.45) is 3.25. The lowest BCUT2D eigenvalue weighted by molar-refractivity contribution is 0.0979. The molecule has 1 aromatic rings. The molecule has 0 fully saturated rings. The van der Waals surface area contributed by atoms with E-state index in [1.165, 1.54) is 12.1 Å². The lowest BCUT2D eigenvalue weighted by Gasteiger charge is -2.09. The van der Waals surface area contributed by atoms with Crippen LogP contribution in [0.2, 0.25) is 0 Å². The first-order valence-corrected chi connectivity index (χ1v) is 7.47. The summed E-state index contributed by atoms with van der Waals surface area (Å²) in [6, 6.07) is 4.82. The van der Waals surface area contributed by atoms with Crippen LogP contribution in [0.25, 0.3) is 0 Å². The minimum absolute atomic E-state index is 0.261. The van der Waals surface area contributed by atoms with Crippen molar-refractivity contribution >= 4 is 0 Å². The van der Waals surface area contributed by atoms with Crippen LogP contribution in [0, 0.1) is 5.82 Å². The summed E-state index contributed by atoms with van der Waals surface area (Å²) < 4.78 is 24.4. The number of nitrogens with one attached hydrogen (secondary N) is 1. The number of ether oxygens (including phenoxy) is 2. The van der Waals surface area contributed by atoms with Crippen molar-refractivity contribution in [2.24, 2.45) is 0 Å². The van der Waals surface area contributed by atoms with Gasteiger partial charge in [-0.05, 0) is 37.1 Å². The molecule has 3 nitrogen and oxygen atoms in total. The number of hydrogen-bond donors (Lipinski definition) is 1. The van der Waals surface area contributed by atoms with Crippen molar-refractivity contribution in [1.82, 2.24) is 5.32 Å². The molecule has 0 amide bonds. The fraction of sp³-hybridized carbons (Fsp3) is 0.625. The molecule has 0 saturated heterocycles. The highest BCUT2D eigenvalue weighted by molar-refractivity contribution is 5.29. The molecule has 20 heavy (non-hydrogen) atoms. The predicted molar refractivity (Wildman–Crippen MR) is 79.6 cm³/mol. The van der Waals surface area contributed by atoms with E-state index in [4.69, 9.17) is 9.47 Å². The zero-order valence-corrected chi connectivity index (χ0v) is 12.6. The van der Waals surface area contributed by atoms with E-state index in [1.807, 2.05) is 6.07 Å².